The molecule has 1 saturated carbocycles. The molecule has 1 amide bonds. The van der Waals surface area contributed by atoms with Crippen LogP contribution in [0.15, 0.2) is 24.5 Å². The summed E-state index contributed by atoms with van der Waals surface area (Å²) in [5.41, 5.74) is 3.30. The number of carbonyl (C=O) groups excluding carboxylic acids is 1. The molecule has 1 aliphatic carbocycles. The van der Waals surface area contributed by atoms with E-state index >= 15 is 0 Å². The maximum absolute atomic E-state index is 13.5. The van der Waals surface area contributed by atoms with Gasteiger partial charge in [0.15, 0.2) is 16.4 Å². The Kier molecular flexibility index (Phi) is 5.67. The average Bonchev–Trinajstić information content (AvgIpc) is 3.54. The maximum Gasteiger partial charge on any atom is 0.261 e. The number of anilines is 3. The number of morpholine rings is 1. The Bertz CT molecular complexity index is 1470. The lowest BCUT2D eigenvalue weighted by molar-refractivity contribution is 0.102. The van der Waals surface area contributed by atoms with Gasteiger partial charge in [0, 0.05) is 38.3 Å². The third-order valence-corrected chi connectivity index (χ3v) is 8.33. The van der Waals surface area contributed by atoms with Crippen LogP contribution in [0.5, 0.6) is 0 Å². The molecule has 3 aliphatic rings. The van der Waals surface area contributed by atoms with Crippen LogP contribution in [0, 0.1) is 0 Å². The molecule has 4 aromatic heterocycles. The van der Waals surface area contributed by atoms with E-state index in [-0.39, 0.29) is 12.0 Å². The molecule has 2 saturated heterocycles. The van der Waals surface area contributed by atoms with Crippen molar-refractivity contribution < 1.29 is 14.6 Å². The highest BCUT2D eigenvalue weighted by Gasteiger charge is 2.30. The molecule has 3 fully saturated rings. The van der Waals surface area contributed by atoms with Gasteiger partial charge in [0.25, 0.3) is 5.91 Å². The van der Waals surface area contributed by atoms with Gasteiger partial charge in [0.2, 0.25) is 0 Å². The van der Waals surface area contributed by atoms with Gasteiger partial charge >= 0.3 is 0 Å². The molecule has 0 atom stereocenters. The van der Waals surface area contributed by atoms with E-state index in [2.05, 4.69) is 20.2 Å². The zero-order chi connectivity index (χ0) is 24.9. The fourth-order valence-corrected chi connectivity index (χ4v) is 6.00. The summed E-state index contributed by atoms with van der Waals surface area (Å²) in [7, 11) is 0. The molecule has 192 valence electrons. The zero-order valence-electron chi connectivity index (χ0n) is 20.3. The van der Waals surface area contributed by atoms with Crippen LogP contribution in [0.4, 0.5) is 16.6 Å². The van der Waals surface area contributed by atoms with Crippen LogP contribution in [0.2, 0.25) is 0 Å². The lowest BCUT2D eigenvalue weighted by Crippen LogP contribution is -2.36. The van der Waals surface area contributed by atoms with Crippen LogP contribution in [0.1, 0.15) is 47.7 Å². The molecule has 0 spiro atoms. The second-order valence-corrected chi connectivity index (χ2v) is 10.9. The molecule has 6 heterocycles. The fraction of sp³-hybridized carbons (Fsp3) is 0.480. The second-order valence-electron chi connectivity index (χ2n) is 9.90. The summed E-state index contributed by atoms with van der Waals surface area (Å²) in [4.78, 5) is 32.3. The molecular formula is C25H28N8O3S. The van der Waals surface area contributed by atoms with E-state index in [9.17, 15) is 9.90 Å². The van der Waals surface area contributed by atoms with E-state index in [0.29, 0.717) is 43.2 Å². The summed E-state index contributed by atoms with van der Waals surface area (Å²) >= 11 is 1.60. The number of hydrogen-bond acceptors (Lipinski definition) is 10. The highest BCUT2D eigenvalue weighted by atomic mass is 32.1. The Labute approximate surface area is 217 Å². The number of hydrogen-bond donors (Lipinski definition) is 2. The number of aliphatic hydroxyl groups is 1. The van der Waals surface area contributed by atoms with Crippen molar-refractivity contribution in [1.82, 2.24) is 24.6 Å². The van der Waals surface area contributed by atoms with E-state index in [4.69, 9.17) is 19.7 Å². The lowest BCUT2D eigenvalue weighted by atomic mass is 10.1. The van der Waals surface area contributed by atoms with E-state index in [0.717, 1.165) is 71.7 Å². The monoisotopic (exact) mass is 520 g/mol. The van der Waals surface area contributed by atoms with Gasteiger partial charge in [-0.05, 0) is 37.8 Å². The van der Waals surface area contributed by atoms with E-state index in [1.165, 1.54) is 0 Å². The Balaban J connectivity index is 1.18. The first-order valence-electron chi connectivity index (χ1n) is 12.9. The van der Waals surface area contributed by atoms with Gasteiger partial charge in [-0.2, -0.15) is 10.1 Å². The van der Waals surface area contributed by atoms with Gasteiger partial charge in [-0.25, -0.2) is 14.5 Å². The molecule has 0 unspecified atom stereocenters. The van der Waals surface area contributed by atoms with Crippen molar-refractivity contribution in [3.8, 4) is 0 Å². The van der Waals surface area contributed by atoms with Crippen molar-refractivity contribution in [2.75, 3.05) is 54.5 Å². The summed E-state index contributed by atoms with van der Waals surface area (Å²) in [5.74, 6) is 0.877. The first-order chi connectivity index (χ1) is 18.1. The van der Waals surface area contributed by atoms with E-state index in [1.807, 2.05) is 18.3 Å². The number of aromatic nitrogens is 5. The number of pyridine rings is 1. The number of aliphatic hydroxyl groups excluding tert-OH is 1. The Morgan fingerprint density at radius 3 is 2.65 bits per heavy atom. The van der Waals surface area contributed by atoms with Gasteiger partial charge in [-0.1, -0.05) is 11.3 Å². The van der Waals surface area contributed by atoms with Gasteiger partial charge in [0.1, 0.15) is 11.4 Å². The maximum atomic E-state index is 13.5. The standard InChI is InChI=1S/C25H28N8O3S/c34-16-3-6-31(7-4-16)20-5-8-33-23(28-20)17(14-26-33)24(35)27-18-13-19-22(29-21(18)15-1-2-15)30-25(37-19)32-9-11-36-12-10-32/h5,8,13-16,34H,1-4,6-7,9-12H2,(H,27,35). The predicted octanol–water partition coefficient (Wildman–Crippen LogP) is 2.66. The normalized spacial score (nSPS) is 19.2. The van der Waals surface area contributed by atoms with Gasteiger partial charge in [0.05, 0.1) is 41.6 Å². The summed E-state index contributed by atoms with van der Waals surface area (Å²) in [5, 5.41) is 18.3. The van der Waals surface area contributed by atoms with E-state index < -0.39 is 0 Å². The van der Waals surface area contributed by atoms with Crippen molar-refractivity contribution in [1.29, 1.82) is 0 Å². The van der Waals surface area contributed by atoms with E-state index in [1.54, 1.807) is 22.0 Å². The Hall–Kier alpha value is -3.35. The van der Waals surface area contributed by atoms with Crippen molar-refractivity contribution in [3.05, 3.63) is 35.8 Å². The summed E-state index contributed by atoms with van der Waals surface area (Å²) in [6, 6.07) is 3.91. The number of fused-ring (bicyclic) bond motifs is 2. The average molecular weight is 521 g/mol. The highest BCUT2D eigenvalue weighted by molar-refractivity contribution is 7.22. The summed E-state index contributed by atoms with van der Waals surface area (Å²) in [6.07, 6.45) is 6.68. The summed E-state index contributed by atoms with van der Waals surface area (Å²) in [6.45, 7) is 4.51. The second kappa shape index (κ2) is 9.19. The first kappa shape index (κ1) is 22.8. The molecule has 4 aromatic rings. The molecule has 7 rings (SSSR count). The molecule has 0 radical (unpaired) electrons. The fourth-order valence-electron chi connectivity index (χ4n) is 5.00. The Morgan fingerprint density at radius 1 is 1.05 bits per heavy atom. The topological polar surface area (TPSA) is 121 Å². The number of nitrogens with one attached hydrogen (secondary N) is 1. The van der Waals surface area contributed by atoms with Crippen LogP contribution in [0.25, 0.3) is 16.0 Å². The molecule has 2 N–H and O–H groups in total. The van der Waals surface area contributed by atoms with Gasteiger partial charge in [-0.15, -0.1) is 0 Å². The molecule has 0 bridgehead atoms. The molecule has 2 aliphatic heterocycles. The minimum Gasteiger partial charge on any atom is -0.393 e. The number of nitrogens with zero attached hydrogens (tertiary/aromatic N) is 7. The predicted molar refractivity (Wildman–Crippen MR) is 141 cm³/mol. The number of ether oxygens (including phenoxy) is 1. The van der Waals surface area contributed by atoms with Crippen molar-refractivity contribution in [2.24, 2.45) is 0 Å². The number of thiazole rings is 1. The molecular weight excluding hydrogens is 492 g/mol. The molecule has 0 aromatic carbocycles. The molecule has 12 heteroatoms. The quantitative estimate of drug-likeness (QED) is 0.409. The number of carbonyl (C=O) groups is 1. The minimum absolute atomic E-state index is 0.255. The number of piperidine rings is 1. The third-order valence-electron chi connectivity index (χ3n) is 7.28. The molecule has 37 heavy (non-hydrogen) atoms. The third kappa shape index (κ3) is 4.38. The van der Waals surface area contributed by atoms with Crippen LogP contribution >= 0.6 is 11.3 Å². The summed E-state index contributed by atoms with van der Waals surface area (Å²) < 4.78 is 8.05. The largest absolute Gasteiger partial charge is 0.393 e. The SMILES string of the molecule is O=C(Nc1cc2sc(N3CCOCC3)nc2nc1C1CC1)c1cnn2ccc(N3CCC(O)CC3)nc12. The van der Waals surface area contributed by atoms with Crippen molar-refractivity contribution >= 4 is 49.9 Å². The van der Waals surface area contributed by atoms with Crippen LogP contribution < -0.4 is 15.1 Å². The first-order valence-corrected chi connectivity index (χ1v) is 13.7. The minimum atomic E-state index is -0.258. The smallest absolute Gasteiger partial charge is 0.261 e. The van der Waals surface area contributed by atoms with Gasteiger partial charge < -0.3 is 25.0 Å². The highest BCUT2D eigenvalue weighted by Crippen LogP contribution is 2.44. The van der Waals surface area contributed by atoms with Crippen LogP contribution in [-0.2, 0) is 4.74 Å². The molecule has 11 nitrogen and oxygen atoms in total. The van der Waals surface area contributed by atoms with Crippen molar-refractivity contribution in [3.63, 3.8) is 0 Å². The lowest BCUT2D eigenvalue weighted by Gasteiger charge is -2.30. The van der Waals surface area contributed by atoms with Gasteiger partial charge in [-0.3, -0.25) is 4.79 Å². The zero-order valence-corrected chi connectivity index (χ0v) is 21.2. The van der Waals surface area contributed by atoms with Crippen LogP contribution in [-0.4, -0.2) is 81.1 Å². The van der Waals surface area contributed by atoms with Crippen molar-refractivity contribution in [2.45, 2.75) is 37.7 Å². The Morgan fingerprint density at radius 2 is 1.86 bits per heavy atom. The van der Waals surface area contributed by atoms with Crippen LogP contribution in [0.3, 0.4) is 0 Å². The number of rotatable bonds is 5. The number of amides is 1.